The number of carbonyl (C=O) groups is 1. The minimum atomic E-state index is 0.0278. The van der Waals surface area contributed by atoms with E-state index in [-0.39, 0.29) is 5.91 Å². The van der Waals surface area contributed by atoms with Crippen LogP contribution in [-0.2, 0) is 17.9 Å². The van der Waals surface area contributed by atoms with Gasteiger partial charge in [-0.1, -0.05) is 23.7 Å². The highest BCUT2D eigenvalue weighted by atomic mass is 35.5. The van der Waals surface area contributed by atoms with Crippen molar-refractivity contribution in [2.24, 2.45) is 0 Å². The summed E-state index contributed by atoms with van der Waals surface area (Å²) in [7, 11) is 1.65. The number of hydrogen-bond donors (Lipinski definition) is 0. The van der Waals surface area contributed by atoms with Crippen molar-refractivity contribution in [3.05, 3.63) is 56.7 Å². The van der Waals surface area contributed by atoms with Crippen LogP contribution in [0.15, 0.2) is 36.4 Å². The Morgan fingerprint density at radius 3 is 2.76 bits per heavy atom. The Kier molecular flexibility index (Phi) is 5.79. The van der Waals surface area contributed by atoms with Gasteiger partial charge in [-0.05, 0) is 36.8 Å². The predicted molar refractivity (Wildman–Crippen MR) is 86.9 cm³/mol. The van der Waals surface area contributed by atoms with Gasteiger partial charge in [0.15, 0.2) is 0 Å². The number of nitrogens with zero attached hydrogens (tertiary/aromatic N) is 1. The van der Waals surface area contributed by atoms with Gasteiger partial charge in [-0.15, -0.1) is 11.3 Å². The summed E-state index contributed by atoms with van der Waals surface area (Å²) in [5.41, 5.74) is 1.69. The van der Waals surface area contributed by atoms with Gasteiger partial charge in [-0.25, -0.2) is 0 Å². The second kappa shape index (κ2) is 7.59. The number of methoxy groups -OCH3 is 1. The molecule has 0 radical (unpaired) electrons. The van der Waals surface area contributed by atoms with Gasteiger partial charge in [-0.2, -0.15) is 0 Å². The topological polar surface area (TPSA) is 29.5 Å². The van der Waals surface area contributed by atoms with Crippen LogP contribution < -0.4 is 0 Å². The van der Waals surface area contributed by atoms with Crippen LogP contribution in [0.4, 0.5) is 0 Å². The van der Waals surface area contributed by atoms with Crippen LogP contribution in [0.3, 0.4) is 0 Å². The van der Waals surface area contributed by atoms with E-state index in [1.807, 2.05) is 48.2 Å². The molecule has 0 atom stereocenters. The van der Waals surface area contributed by atoms with Gasteiger partial charge in [0.05, 0.1) is 17.5 Å². The number of thiophene rings is 1. The molecule has 1 aromatic heterocycles. The highest BCUT2D eigenvalue weighted by Gasteiger charge is 2.15. The molecule has 0 aliphatic rings. The van der Waals surface area contributed by atoms with Gasteiger partial charge in [0.25, 0.3) is 5.91 Å². The summed E-state index contributed by atoms with van der Waals surface area (Å²) < 4.78 is 5.86. The van der Waals surface area contributed by atoms with Gasteiger partial charge >= 0.3 is 0 Å². The SMILES string of the molecule is CCN(Cc1ccc(Cl)s1)C(=O)c1cccc(COC)c1. The molecule has 0 saturated carbocycles. The first-order chi connectivity index (χ1) is 10.1. The fourth-order valence-corrected chi connectivity index (χ4v) is 3.20. The van der Waals surface area contributed by atoms with Crippen molar-refractivity contribution in [1.82, 2.24) is 4.90 Å². The average Bonchev–Trinajstić information content (AvgIpc) is 2.90. The Bertz CT molecular complexity index is 612. The third-order valence-corrected chi connectivity index (χ3v) is 4.35. The van der Waals surface area contributed by atoms with Crippen molar-refractivity contribution in [1.29, 1.82) is 0 Å². The standard InChI is InChI=1S/C16H18ClNO2S/c1-3-18(10-14-7-8-15(17)21-14)16(19)13-6-4-5-12(9-13)11-20-2/h4-9H,3,10-11H2,1-2H3. The van der Waals surface area contributed by atoms with Crippen LogP contribution in [0.5, 0.6) is 0 Å². The average molecular weight is 324 g/mol. The van der Waals surface area contributed by atoms with E-state index in [1.54, 1.807) is 7.11 Å². The molecule has 5 heteroatoms. The van der Waals surface area contributed by atoms with E-state index >= 15 is 0 Å². The Labute approximate surface area is 134 Å². The molecule has 1 aromatic carbocycles. The fraction of sp³-hybridized carbons (Fsp3) is 0.312. The number of halogens is 1. The van der Waals surface area contributed by atoms with Gasteiger partial charge in [0, 0.05) is 24.1 Å². The molecule has 0 aliphatic heterocycles. The summed E-state index contributed by atoms with van der Waals surface area (Å²) in [5.74, 6) is 0.0278. The van der Waals surface area contributed by atoms with Crippen molar-refractivity contribution in [3.63, 3.8) is 0 Å². The quantitative estimate of drug-likeness (QED) is 0.797. The van der Waals surface area contributed by atoms with E-state index in [4.69, 9.17) is 16.3 Å². The lowest BCUT2D eigenvalue weighted by atomic mass is 10.1. The van der Waals surface area contributed by atoms with Gasteiger partial charge in [-0.3, -0.25) is 4.79 Å². The monoisotopic (exact) mass is 323 g/mol. The fourth-order valence-electron chi connectivity index (χ4n) is 2.10. The van der Waals surface area contributed by atoms with Crippen molar-refractivity contribution in [3.8, 4) is 0 Å². The van der Waals surface area contributed by atoms with Gasteiger partial charge < -0.3 is 9.64 Å². The molecule has 0 saturated heterocycles. The van der Waals surface area contributed by atoms with E-state index in [1.165, 1.54) is 11.3 Å². The van der Waals surface area contributed by atoms with Crippen LogP contribution in [0.1, 0.15) is 27.7 Å². The summed E-state index contributed by atoms with van der Waals surface area (Å²) in [5, 5.41) is 0. The van der Waals surface area contributed by atoms with Gasteiger partial charge in [0.2, 0.25) is 0 Å². The molecule has 0 spiro atoms. The maximum absolute atomic E-state index is 12.6. The molecule has 0 bridgehead atoms. The maximum Gasteiger partial charge on any atom is 0.254 e. The van der Waals surface area contributed by atoms with E-state index in [9.17, 15) is 4.79 Å². The largest absolute Gasteiger partial charge is 0.380 e. The molecule has 0 aliphatic carbocycles. The lowest BCUT2D eigenvalue weighted by molar-refractivity contribution is 0.0754. The predicted octanol–water partition coefficient (Wildman–Crippen LogP) is 4.21. The molecule has 2 aromatic rings. The first kappa shape index (κ1) is 16.0. The molecular weight excluding hydrogens is 306 g/mol. The van der Waals surface area contributed by atoms with E-state index in [0.29, 0.717) is 25.3 Å². The second-order valence-corrected chi connectivity index (χ2v) is 6.46. The minimum absolute atomic E-state index is 0.0278. The smallest absolute Gasteiger partial charge is 0.254 e. The number of hydrogen-bond acceptors (Lipinski definition) is 3. The molecule has 1 heterocycles. The maximum atomic E-state index is 12.6. The molecule has 112 valence electrons. The highest BCUT2D eigenvalue weighted by Crippen LogP contribution is 2.23. The number of amides is 1. The van der Waals surface area contributed by atoms with E-state index < -0.39 is 0 Å². The number of benzene rings is 1. The van der Waals surface area contributed by atoms with Crippen LogP contribution in [-0.4, -0.2) is 24.5 Å². The Balaban J connectivity index is 2.13. The third-order valence-electron chi connectivity index (χ3n) is 3.13. The summed E-state index contributed by atoms with van der Waals surface area (Å²) >= 11 is 7.45. The lowest BCUT2D eigenvalue weighted by Crippen LogP contribution is -2.30. The molecule has 0 N–H and O–H groups in total. The van der Waals surface area contributed by atoms with Crippen LogP contribution >= 0.6 is 22.9 Å². The molecule has 1 amide bonds. The van der Waals surface area contributed by atoms with Crippen molar-refractivity contribution >= 4 is 28.8 Å². The number of carbonyl (C=O) groups excluding carboxylic acids is 1. The minimum Gasteiger partial charge on any atom is -0.380 e. The number of ether oxygens (including phenoxy) is 1. The van der Waals surface area contributed by atoms with E-state index in [0.717, 1.165) is 14.8 Å². The Hall–Kier alpha value is -1.36. The first-order valence-electron chi connectivity index (χ1n) is 6.75. The zero-order valence-electron chi connectivity index (χ0n) is 12.1. The number of rotatable bonds is 6. The molecule has 21 heavy (non-hydrogen) atoms. The molecule has 0 unspecified atom stereocenters. The molecular formula is C16H18ClNO2S. The molecule has 2 rings (SSSR count). The summed E-state index contributed by atoms with van der Waals surface area (Å²) in [6, 6.07) is 11.4. The summed E-state index contributed by atoms with van der Waals surface area (Å²) in [6.45, 7) is 3.73. The van der Waals surface area contributed by atoms with Crippen molar-refractivity contribution < 1.29 is 9.53 Å². The zero-order chi connectivity index (χ0) is 15.2. The Morgan fingerprint density at radius 1 is 1.33 bits per heavy atom. The summed E-state index contributed by atoms with van der Waals surface area (Å²) in [6.07, 6.45) is 0. The summed E-state index contributed by atoms with van der Waals surface area (Å²) in [4.78, 5) is 15.5. The first-order valence-corrected chi connectivity index (χ1v) is 7.95. The van der Waals surface area contributed by atoms with Crippen LogP contribution in [0.2, 0.25) is 4.34 Å². The highest BCUT2D eigenvalue weighted by molar-refractivity contribution is 7.16. The zero-order valence-corrected chi connectivity index (χ0v) is 13.7. The Morgan fingerprint density at radius 2 is 2.14 bits per heavy atom. The van der Waals surface area contributed by atoms with E-state index in [2.05, 4.69) is 0 Å². The molecule has 3 nitrogen and oxygen atoms in total. The van der Waals surface area contributed by atoms with Gasteiger partial charge in [0.1, 0.15) is 0 Å². The van der Waals surface area contributed by atoms with Crippen LogP contribution in [0, 0.1) is 0 Å². The third kappa shape index (κ3) is 4.30. The lowest BCUT2D eigenvalue weighted by Gasteiger charge is -2.20. The normalized spacial score (nSPS) is 10.6. The van der Waals surface area contributed by atoms with Crippen molar-refractivity contribution in [2.75, 3.05) is 13.7 Å². The van der Waals surface area contributed by atoms with Crippen LogP contribution in [0.25, 0.3) is 0 Å². The molecule has 0 fully saturated rings. The second-order valence-electron chi connectivity index (χ2n) is 4.66. The van der Waals surface area contributed by atoms with Crippen molar-refractivity contribution in [2.45, 2.75) is 20.1 Å².